The average Bonchev–Trinajstić information content (AvgIpc) is 3.05. The zero-order valence-electron chi connectivity index (χ0n) is 14.1. The quantitative estimate of drug-likeness (QED) is 0.346. The molecule has 0 atom stereocenters. The molecule has 0 N–H and O–H groups in total. The fourth-order valence-electron chi connectivity index (χ4n) is 3.27. The Balaban J connectivity index is 1.87. The topological polar surface area (TPSA) is 30.2 Å². The van der Waals surface area contributed by atoms with Gasteiger partial charge in [0, 0.05) is 27.2 Å². The van der Waals surface area contributed by atoms with Crippen LogP contribution in [0.4, 0.5) is 4.39 Å². The molecular weight excluding hydrogens is 405 g/mol. The van der Waals surface area contributed by atoms with Crippen molar-refractivity contribution >= 4 is 32.5 Å². The van der Waals surface area contributed by atoms with Crippen molar-refractivity contribution in [1.29, 1.82) is 0 Å². The van der Waals surface area contributed by atoms with Crippen molar-refractivity contribution in [3.8, 4) is 22.4 Å². The molecule has 3 nitrogen and oxygen atoms in total. The minimum atomic E-state index is -0.264. The van der Waals surface area contributed by atoms with Gasteiger partial charge in [-0.05, 0) is 48.0 Å². The second kappa shape index (κ2) is 6.28. The Kier molecular flexibility index (Phi) is 3.76. The van der Waals surface area contributed by atoms with Gasteiger partial charge in [-0.15, -0.1) is 0 Å². The van der Waals surface area contributed by atoms with Gasteiger partial charge in [0.15, 0.2) is 5.65 Å². The van der Waals surface area contributed by atoms with E-state index in [0.29, 0.717) is 0 Å². The summed E-state index contributed by atoms with van der Waals surface area (Å²) in [6.07, 6.45) is 1.99. The molecular formula is C22H13BrFN3. The standard InChI is InChI=1S/C22H13BrFN3/c23-16-8-11-20-18(12-16)22-25-21(15-6-9-17(24)10-7-15)19(13-27(22)26-20)14-4-2-1-3-5-14/h1-13H. The van der Waals surface area contributed by atoms with Crippen molar-refractivity contribution in [3.05, 3.63) is 89.3 Å². The third-order valence-electron chi connectivity index (χ3n) is 4.56. The first-order valence-electron chi connectivity index (χ1n) is 8.49. The van der Waals surface area contributed by atoms with Gasteiger partial charge in [-0.25, -0.2) is 13.9 Å². The SMILES string of the molecule is Fc1ccc(-c2nc3c4cc(Br)ccc4nn3cc2-c2ccccc2)cc1. The Morgan fingerprint density at radius 2 is 1.63 bits per heavy atom. The van der Waals surface area contributed by atoms with Crippen molar-refractivity contribution in [2.75, 3.05) is 0 Å². The van der Waals surface area contributed by atoms with Crippen LogP contribution in [0.15, 0.2) is 83.5 Å². The van der Waals surface area contributed by atoms with Crippen LogP contribution in [0, 0.1) is 5.82 Å². The van der Waals surface area contributed by atoms with Gasteiger partial charge in [-0.2, -0.15) is 5.10 Å². The molecule has 0 bridgehead atoms. The van der Waals surface area contributed by atoms with E-state index in [1.807, 2.05) is 59.2 Å². The highest BCUT2D eigenvalue weighted by atomic mass is 79.9. The molecule has 0 unspecified atom stereocenters. The lowest BCUT2D eigenvalue weighted by atomic mass is 10.0. The first-order valence-corrected chi connectivity index (χ1v) is 9.28. The molecule has 2 aromatic heterocycles. The normalized spacial score (nSPS) is 11.3. The highest BCUT2D eigenvalue weighted by Gasteiger charge is 2.15. The molecule has 0 aliphatic rings. The van der Waals surface area contributed by atoms with Gasteiger partial charge in [0.1, 0.15) is 5.82 Å². The third kappa shape index (κ3) is 2.80. The van der Waals surface area contributed by atoms with Crippen LogP contribution in [-0.2, 0) is 0 Å². The van der Waals surface area contributed by atoms with Gasteiger partial charge in [0.05, 0.1) is 11.2 Å². The van der Waals surface area contributed by atoms with Crippen molar-refractivity contribution in [1.82, 2.24) is 14.6 Å². The van der Waals surface area contributed by atoms with E-state index in [2.05, 4.69) is 21.0 Å². The highest BCUT2D eigenvalue weighted by Crippen LogP contribution is 2.33. The van der Waals surface area contributed by atoms with Crippen LogP contribution in [0.25, 0.3) is 38.9 Å². The van der Waals surface area contributed by atoms with E-state index in [0.717, 1.165) is 43.4 Å². The van der Waals surface area contributed by atoms with Crippen LogP contribution in [0.1, 0.15) is 0 Å². The van der Waals surface area contributed by atoms with Crippen LogP contribution in [0.3, 0.4) is 0 Å². The Bertz CT molecular complexity index is 1280. The van der Waals surface area contributed by atoms with E-state index >= 15 is 0 Å². The molecule has 0 aliphatic heterocycles. The van der Waals surface area contributed by atoms with Gasteiger partial charge in [-0.3, -0.25) is 0 Å². The number of hydrogen-bond acceptors (Lipinski definition) is 2. The average molecular weight is 418 g/mol. The summed E-state index contributed by atoms with van der Waals surface area (Å²) in [6, 6.07) is 22.4. The van der Waals surface area contributed by atoms with Gasteiger partial charge in [0.2, 0.25) is 0 Å². The molecule has 0 saturated heterocycles. The summed E-state index contributed by atoms with van der Waals surface area (Å²) in [5, 5.41) is 5.63. The summed E-state index contributed by atoms with van der Waals surface area (Å²) in [7, 11) is 0. The summed E-state index contributed by atoms with van der Waals surface area (Å²) in [6.45, 7) is 0. The number of benzene rings is 3. The predicted molar refractivity (Wildman–Crippen MR) is 109 cm³/mol. The zero-order chi connectivity index (χ0) is 18.4. The first kappa shape index (κ1) is 16.1. The molecule has 27 heavy (non-hydrogen) atoms. The van der Waals surface area contributed by atoms with Crippen molar-refractivity contribution < 1.29 is 4.39 Å². The Hall–Kier alpha value is -3.05. The fourth-order valence-corrected chi connectivity index (χ4v) is 3.63. The number of fused-ring (bicyclic) bond motifs is 3. The number of aromatic nitrogens is 3. The Labute approximate surface area is 163 Å². The third-order valence-corrected chi connectivity index (χ3v) is 5.05. The van der Waals surface area contributed by atoms with Crippen LogP contribution in [0.5, 0.6) is 0 Å². The van der Waals surface area contributed by atoms with Crippen LogP contribution in [-0.4, -0.2) is 14.6 Å². The van der Waals surface area contributed by atoms with Gasteiger partial charge < -0.3 is 0 Å². The minimum Gasteiger partial charge on any atom is -0.227 e. The monoisotopic (exact) mass is 417 g/mol. The second-order valence-electron chi connectivity index (χ2n) is 6.31. The number of rotatable bonds is 2. The summed E-state index contributed by atoms with van der Waals surface area (Å²) < 4.78 is 16.2. The van der Waals surface area contributed by atoms with E-state index in [1.54, 1.807) is 12.1 Å². The predicted octanol–water partition coefficient (Wildman–Crippen LogP) is 6.12. The molecule has 0 spiro atoms. The smallest absolute Gasteiger partial charge is 0.163 e. The molecule has 0 aliphatic carbocycles. The van der Waals surface area contributed by atoms with Crippen molar-refractivity contribution in [2.24, 2.45) is 0 Å². The largest absolute Gasteiger partial charge is 0.227 e. The maximum Gasteiger partial charge on any atom is 0.163 e. The van der Waals surface area contributed by atoms with Crippen molar-refractivity contribution in [2.45, 2.75) is 0 Å². The second-order valence-corrected chi connectivity index (χ2v) is 7.22. The summed E-state index contributed by atoms with van der Waals surface area (Å²) in [4.78, 5) is 4.94. The van der Waals surface area contributed by atoms with Crippen LogP contribution < -0.4 is 0 Å². The molecule has 3 aromatic carbocycles. The van der Waals surface area contributed by atoms with Gasteiger partial charge in [0.25, 0.3) is 0 Å². The maximum absolute atomic E-state index is 13.4. The minimum absolute atomic E-state index is 0.264. The van der Waals surface area contributed by atoms with Gasteiger partial charge in [-0.1, -0.05) is 46.3 Å². The molecule has 0 fully saturated rings. The molecule has 5 aromatic rings. The molecule has 0 saturated carbocycles. The summed E-state index contributed by atoms with van der Waals surface area (Å²) in [5.74, 6) is -0.264. The molecule has 130 valence electrons. The number of halogens is 2. The van der Waals surface area contributed by atoms with E-state index in [1.165, 1.54) is 12.1 Å². The van der Waals surface area contributed by atoms with Crippen LogP contribution in [0.2, 0.25) is 0 Å². The number of hydrogen-bond donors (Lipinski definition) is 0. The van der Waals surface area contributed by atoms with E-state index in [-0.39, 0.29) is 5.82 Å². The zero-order valence-corrected chi connectivity index (χ0v) is 15.7. The van der Waals surface area contributed by atoms with E-state index in [9.17, 15) is 4.39 Å². The first-order chi connectivity index (χ1) is 13.2. The lowest BCUT2D eigenvalue weighted by Gasteiger charge is -2.10. The molecule has 0 amide bonds. The maximum atomic E-state index is 13.4. The van der Waals surface area contributed by atoms with Crippen LogP contribution >= 0.6 is 15.9 Å². The van der Waals surface area contributed by atoms with Crippen molar-refractivity contribution in [3.63, 3.8) is 0 Å². The molecule has 5 rings (SSSR count). The van der Waals surface area contributed by atoms with E-state index in [4.69, 9.17) is 4.98 Å². The molecule has 5 heteroatoms. The summed E-state index contributed by atoms with van der Waals surface area (Å²) in [5.41, 5.74) is 5.29. The lowest BCUT2D eigenvalue weighted by Crippen LogP contribution is -1.97. The molecule has 2 heterocycles. The highest BCUT2D eigenvalue weighted by molar-refractivity contribution is 9.10. The Morgan fingerprint density at radius 3 is 2.41 bits per heavy atom. The van der Waals surface area contributed by atoms with Gasteiger partial charge >= 0.3 is 0 Å². The lowest BCUT2D eigenvalue weighted by molar-refractivity contribution is 0.628. The fraction of sp³-hybridized carbons (Fsp3) is 0. The number of nitrogens with zero attached hydrogens (tertiary/aromatic N) is 3. The molecule has 0 radical (unpaired) electrons. The Morgan fingerprint density at radius 1 is 0.852 bits per heavy atom. The summed E-state index contributed by atoms with van der Waals surface area (Å²) >= 11 is 3.52. The van der Waals surface area contributed by atoms with E-state index < -0.39 is 0 Å².